The first-order valence-corrected chi connectivity index (χ1v) is 10.2. The number of carbonyl (C=O) groups is 1. The fraction of sp³-hybridized carbons (Fsp3) is 0.357. The third kappa shape index (κ3) is 3.15. The van der Waals surface area contributed by atoms with Gasteiger partial charge in [0.05, 0.1) is 28.3 Å². The summed E-state index contributed by atoms with van der Waals surface area (Å²) in [6, 6.07) is 3.06. The average molecular weight is 394 g/mol. The summed E-state index contributed by atoms with van der Waals surface area (Å²) in [6.45, 7) is 0. The van der Waals surface area contributed by atoms with E-state index in [-0.39, 0.29) is 23.5 Å². The van der Waals surface area contributed by atoms with Crippen molar-refractivity contribution in [2.45, 2.75) is 12.5 Å². The Morgan fingerprint density at radius 1 is 1.35 bits per heavy atom. The number of methoxy groups -OCH3 is 1. The summed E-state index contributed by atoms with van der Waals surface area (Å²) in [5, 5.41) is 4.12. The third-order valence-electron chi connectivity index (χ3n) is 3.70. The van der Waals surface area contributed by atoms with Gasteiger partial charge in [-0.1, -0.05) is 23.2 Å². The number of hydrogen-bond acceptors (Lipinski definition) is 5. The van der Waals surface area contributed by atoms with Crippen LogP contribution in [0.2, 0.25) is 10.0 Å². The van der Waals surface area contributed by atoms with Crippen LogP contribution in [0.5, 0.6) is 5.75 Å². The summed E-state index contributed by atoms with van der Waals surface area (Å²) in [4.78, 5) is 12.7. The van der Waals surface area contributed by atoms with E-state index in [9.17, 15) is 13.2 Å². The Morgan fingerprint density at radius 2 is 2.09 bits per heavy atom. The van der Waals surface area contributed by atoms with Gasteiger partial charge in [0.15, 0.2) is 9.84 Å². The van der Waals surface area contributed by atoms with Crippen LogP contribution in [-0.4, -0.2) is 39.0 Å². The van der Waals surface area contributed by atoms with Gasteiger partial charge in [0.25, 0.3) is 5.91 Å². The highest BCUT2D eigenvalue weighted by Gasteiger charge is 2.30. The van der Waals surface area contributed by atoms with Crippen LogP contribution in [0.25, 0.3) is 10.1 Å². The number of fused-ring (bicyclic) bond motifs is 1. The average Bonchev–Trinajstić information content (AvgIpc) is 3.00. The molecule has 0 radical (unpaired) electrons. The van der Waals surface area contributed by atoms with Crippen molar-refractivity contribution in [1.29, 1.82) is 0 Å². The topological polar surface area (TPSA) is 72.5 Å². The Bertz CT molecular complexity index is 892. The minimum absolute atomic E-state index is 0.0319. The van der Waals surface area contributed by atoms with E-state index in [4.69, 9.17) is 27.9 Å². The third-order valence-corrected chi connectivity index (χ3v) is 7.68. The highest BCUT2D eigenvalue weighted by atomic mass is 35.5. The lowest BCUT2D eigenvalue weighted by Gasteiger charge is -2.09. The Labute approximate surface area is 147 Å². The summed E-state index contributed by atoms with van der Waals surface area (Å²) in [7, 11) is -1.55. The summed E-state index contributed by atoms with van der Waals surface area (Å²) < 4.78 is 28.8. The molecule has 1 amide bonds. The van der Waals surface area contributed by atoms with Gasteiger partial charge < -0.3 is 10.1 Å². The van der Waals surface area contributed by atoms with Gasteiger partial charge in [-0.25, -0.2) is 8.42 Å². The van der Waals surface area contributed by atoms with E-state index in [0.29, 0.717) is 37.2 Å². The minimum Gasteiger partial charge on any atom is -0.495 e. The predicted molar refractivity (Wildman–Crippen MR) is 92.9 cm³/mol. The van der Waals surface area contributed by atoms with Crippen molar-refractivity contribution in [3.63, 3.8) is 0 Å². The molecule has 0 aliphatic carbocycles. The molecule has 9 heteroatoms. The quantitative estimate of drug-likeness (QED) is 0.868. The SMILES string of the molecule is COc1ccc2c(Cl)c(C(=O)N[C@@H]3CCS(=O)(=O)C3)sc2c1Cl. The highest BCUT2D eigenvalue weighted by molar-refractivity contribution is 7.91. The van der Waals surface area contributed by atoms with Gasteiger partial charge in [-0.15, -0.1) is 11.3 Å². The Kier molecular flexibility index (Phi) is 4.48. The molecule has 2 heterocycles. The summed E-state index contributed by atoms with van der Waals surface area (Å²) in [5.41, 5.74) is 0. The normalized spacial score (nSPS) is 19.9. The lowest BCUT2D eigenvalue weighted by atomic mass is 10.2. The number of rotatable bonds is 3. The number of nitrogens with one attached hydrogen (secondary N) is 1. The number of ether oxygens (including phenoxy) is 1. The summed E-state index contributed by atoms with van der Waals surface area (Å²) in [6.07, 6.45) is 0.422. The van der Waals surface area contributed by atoms with Crippen LogP contribution in [0.4, 0.5) is 0 Å². The van der Waals surface area contributed by atoms with Crippen molar-refractivity contribution in [2.75, 3.05) is 18.6 Å². The maximum Gasteiger partial charge on any atom is 0.263 e. The minimum atomic E-state index is -3.06. The van der Waals surface area contributed by atoms with E-state index < -0.39 is 9.84 Å². The van der Waals surface area contributed by atoms with Gasteiger partial charge in [-0.2, -0.15) is 0 Å². The molecule has 1 atom stereocenters. The van der Waals surface area contributed by atoms with Crippen LogP contribution in [0.15, 0.2) is 12.1 Å². The first-order valence-electron chi connectivity index (χ1n) is 6.78. The largest absolute Gasteiger partial charge is 0.495 e. The van der Waals surface area contributed by atoms with Crippen molar-refractivity contribution in [1.82, 2.24) is 5.32 Å². The predicted octanol–water partition coefficient (Wildman–Crippen LogP) is 3.13. The van der Waals surface area contributed by atoms with Crippen LogP contribution >= 0.6 is 34.5 Å². The van der Waals surface area contributed by atoms with Gasteiger partial charge in [0.2, 0.25) is 0 Å². The van der Waals surface area contributed by atoms with Crippen LogP contribution in [0.3, 0.4) is 0 Å². The molecular weight excluding hydrogens is 381 g/mol. The standard InChI is InChI=1S/C14H13Cl2NO4S2/c1-21-9-3-2-8-10(15)13(22-12(8)11(9)16)14(18)17-7-4-5-23(19,20)6-7/h2-3,7H,4-6H2,1H3,(H,17,18)/t7-/m1/s1. The van der Waals surface area contributed by atoms with Crippen molar-refractivity contribution in [2.24, 2.45) is 0 Å². The zero-order chi connectivity index (χ0) is 16.8. The van der Waals surface area contributed by atoms with Crippen LogP contribution in [0.1, 0.15) is 16.1 Å². The number of hydrogen-bond donors (Lipinski definition) is 1. The number of thiophene rings is 1. The molecule has 124 valence electrons. The van der Waals surface area contributed by atoms with Crippen LogP contribution in [0, 0.1) is 0 Å². The number of benzene rings is 1. The molecule has 0 spiro atoms. The second-order valence-corrected chi connectivity index (χ2v) is 9.28. The monoisotopic (exact) mass is 393 g/mol. The number of carbonyl (C=O) groups excluding carboxylic acids is 1. The highest BCUT2D eigenvalue weighted by Crippen LogP contribution is 2.43. The summed E-state index contributed by atoms with van der Waals surface area (Å²) >= 11 is 13.7. The lowest BCUT2D eigenvalue weighted by molar-refractivity contribution is 0.0945. The second-order valence-electron chi connectivity index (χ2n) is 5.28. The van der Waals surface area contributed by atoms with E-state index in [2.05, 4.69) is 5.32 Å². The molecule has 23 heavy (non-hydrogen) atoms. The molecule has 0 saturated carbocycles. The van der Waals surface area contributed by atoms with Crippen LogP contribution < -0.4 is 10.1 Å². The van der Waals surface area contributed by atoms with Crippen molar-refractivity contribution >= 4 is 60.4 Å². The summed E-state index contributed by atoms with van der Waals surface area (Å²) in [5.74, 6) is 0.191. The maximum absolute atomic E-state index is 12.4. The van der Waals surface area contributed by atoms with Crippen molar-refractivity contribution in [3.05, 3.63) is 27.1 Å². The van der Waals surface area contributed by atoms with Crippen LogP contribution in [-0.2, 0) is 9.84 Å². The maximum atomic E-state index is 12.4. The molecule has 0 bridgehead atoms. The van der Waals surface area contributed by atoms with E-state index in [1.54, 1.807) is 12.1 Å². The Morgan fingerprint density at radius 3 is 2.70 bits per heavy atom. The fourth-order valence-electron chi connectivity index (χ4n) is 2.54. The molecular formula is C14H13Cl2NO4S2. The number of amides is 1. The van der Waals surface area contributed by atoms with Crippen molar-refractivity contribution < 1.29 is 17.9 Å². The molecule has 1 aliphatic rings. The first-order chi connectivity index (χ1) is 10.8. The molecule has 2 aromatic rings. The molecule has 1 aromatic heterocycles. The Balaban J connectivity index is 1.92. The zero-order valence-electron chi connectivity index (χ0n) is 12.1. The smallest absolute Gasteiger partial charge is 0.263 e. The number of sulfone groups is 1. The van der Waals surface area contributed by atoms with E-state index in [0.717, 1.165) is 0 Å². The van der Waals surface area contributed by atoms with Gasteiger partial charge >= 0.3 is 0 Å². The fourth-order valence-corrected chi connectivity index (χ4v) is 6.01. The van der Waals surface area contributed by atoms with E-state index in [1.807, 2.05) is 0 Å². The van der Waals surface area contributed by atoms with E-state index in [1.165, 1.54) is 18.4 Å². The molecule has 1 aliphatic heterocycles. The molecule has 5 nitrogen and oxygen atoms in total. The Hall–Kier alpha value is -1.02. The molecule has 3 rings (SSSR count). The zero-order valence-corrected chi connectivity index (χ0v) is 15.2. The second kappa shape index (κ2) is 6.12. The lowest BCUT2D eigenvalue weighted by Crippen LogP contribution is -2.35. The molecule has 1 aromatic carbocycles. The van der Waals surface area contributed by atoms with Gasteiger partial charge in [0.1, 0.15) is 15.6 Å². The molecule has 1 fully saturated rings. The molecule has 0 unspecified atom stereocenters. The van der Waals surface area contributed by atoms with E-state index >= 15 is 0 Å². The number of halogens is 2. The first kappa shape index (κ1) is 16.8. The van der Waals surface area contributed by atoms with Gasteiger partial charge in [-0.3, -0.25) is 4.79 Å². The van der Waals surface area contributed by atoms with Gasteiger partial charge in [0, 0.05) is 11.4 Å². The molecule has 1 N–H and O–H groups in total. The van der Waals surface area contributed by atoms with Crippen molar-refractivity contribution in [3.8, 4) is 5.75 Å². The van der Waals surface area contributed by atoms with Gasteiger partial charge in [-0.05, 0) is 18.6 Å². The molecule has 1 saturated heterocycles.